The van der Waals surface area contributed by atoms with Gasteiger partial charge in [0, 0.05) is 31.4 Å². The van der Waals surface area contributed by atoms with Crippen molar-refractivity contribution in [1.29, 1.82) is 0 Å². The van der Waals surface area contributed by atoms with E-state index in [2.05, 4.69) is 10.4 Å². The first-order chi connectivity index (χ1) is 6.85. The molecule has 0 aromatic carbocycles. The molecule has 0 radical (unpaired) electrons. The van der Waals surface area contributed by atoms with Crippen LogP contribution in [0.1, 0.15) is 12.8 Å². The zero-order valence-corrected chi connectivity index (χ0v) is 9.00. The molecule has 1 N–H and O–H groups in total. The number of hydrogen-bond donors (Lipinski definition) is 1. The van der Waals surface area contributed by atoms with E-state index < -0.39 is 0 Å². The van der Waals surface area contributed by atoms with E-state index >= 15 is 0 Å². The van der Waals surface area contributed by atoms with E-state index in [0.717, 1.165) is 25.5 Å². The monoisotopic (exact) mass is 213 g/mol. The number of rotatable bonds is 6. The Morgan fingerprint density at radius 2 is 2.36 bits per heavy atom. The van der Waals surface area contributed by atoms with Gasteiger partial charge in [-0.15, -0.1) is 11.6 Å². The third-order valence-electron chi connectivity index (χ3n) is 2.82. The number of nitrogens with zero attached hydrogens (tertiary/aromatic N) is 2. The van der Waals surface area contributed by atoms with Crippen molar-refractivity contribution in [3.8, 4) is 0 Å². The largest absolute Gasteiger partial charge is 0.314 e. The summed E-state index contributed by atoms with van der Waals surface area (Å²) in [5, 5.41) is 7.57. The summed E-state index contributed by atoms with van der Waals surface area (Å²) in [5.41, 5.74) is 0.422. The molecule has 1 heterocycles. The Morgan fingerprint density at radius 3 is 2.93 bits per heavy atom. The van der Waals surface area contributed by atoms with Crippen LogP contribution >= 0.6 is 11.6 Å². The molecular formula is C10H16ClN3. The van der Waals surface area contributed by atoms with Crippen LogP contribution < -0.4 is 5.32 Å². The van der Waals surface area contributed by atoms with Crippen LogP contribution in [0.3, 0.4) is 0 Å². The molecule has 3 nitrogen and oxygen atoms in total. The van der Waals surface area contributed by atoms with Crippen molar-refractivity contribution < 1.29 is 0 Å². The summed E-state index contributed by atoms with van der Waals surface area (Å²) >= 11 is 5.88. The van der Waals surface area contributed by atoms with Gasteiger partial charge in [-0.2, -0.15) is 5.10 Å². The Kier molecular flexibility index (Phi) is 3.08. The Labute approximate surface area is 89.4 Å². The third-order valence-corrected chi connectivity index (χ3v) is 3.38. The molecule has 0 spiro atoms. The predicted molar refractivity (Wildman–Crippen MR) is 57.5 cm³/mol. The normalized spacial score (nSPS) is 18.4. The molecule has 1 fully saturated rings. The second kappa shape index (κ2) is 4.32. The SMILES string of the molecule is ClCC1(CNCCn2cccn2)CC1. The van der Waals surface area contributed by atoms with Gasteiger partial charge in [0.15, 0.2) is 0 Å². The van der Waals surface area contributed by atoms with Crippen LogP contribution in [-0.4, -0.2) is 28.8 Å². The highest BCUT2D eigenvalue weighted by molar-refractivity contribution is 6.18. The summed E-state index contributed by atoms with van der Waals surface area (Å²) in [5.74, 6) is 0.793. The highest BCUT2D eigenvalue weighted by atomic mass is 35.5. The standard InChI is InChI=1S/C10H16ClN3/c11-8-10(2-3-10)9-12-5-7-14-6-1-4-13-14/h1,4,6,12H,2-3,5,7-9H2. The van der Waals surface area contributed by atoms with E-state index in [0.29, 0.717) is 5.41 Å². The lowest BCUT2D eigenvalue weighted by atomic mass is 10.1. The first kappa shape index (κ1) is 9.99. The van der Waals surface area contributed by atoms with Gasteiger partial charge in [-0.05, 0) is 24.3 Å². The van der Waals surface area contributed by atoms with Gasteiger partial charge in [0.25, 0.3) is 0 Å². The minimum absolute atomic E-state index is 0.422. The van der Waals surface area contributed by atoms with E-state index in [1.807, 2.05) is 16.9 Å². The minimum Gasteiger partial charge on any atom is -0.314 e. The van der Waals surface area contributed by atoms with E-state index in [1.54, 1.807) is 6.20 Å². The second-order valence-electron chi connectivity index (χ2n) is 4.08. The molecule has 0 aliphatic heterocycles. The van der Waals surface area contributed by atoms with Gasteiger partial charge in [-0.3, -0.25) is 4.68 Å². The Hall–Kier alpha value is -0.540. The van der Waals surface area contributed by atoms with E-state index in [1.165, 1.54) is 12.8 Å². The lowest BCUT2D eigenvalue weighted by Crippen LogP contribution is -2.28. The molecule has 14 heavy (non-hydrogen) atoms. The van der Waals surface area contributed by atoms with Gasteiger partial charge < -0.3 is 5.32 Å². The highest BCUT2D eigenvalue weighted by Crippen LogP contribution is 2.45. The van der Waals surface area contributed by atoms with Crippen molar-refractivity contribution in [3.05, 3.63) is 18.5 Å². The summed E-state index contributed by atoms with van der Waals surface area (Å²) in [7, 11) is 0. The Bertz CT molecular complexity index is 267. The number of halogens is 1. The van der Waals surface area contributed by atoms with Crippen LogP contribution in [0.4, 0.5) is 0 Å². The van der Waals surface area contributed by atoms with E-state index in [9.17, 15) is 0 Å². The quantitative estimate of drug-likeness (QED) is 0.573. The smallest absolute Gasteiger partial charge is 0.0533 e. The molecule has 1 aliphatic carbocycles. The fraction of sp³-hybridized carbons (Fsp3) is 0.700. The number of nitrogens with one attached hydrogen (secondary N) is 1. The van der Waals surface area contributed by atoms with Crippen molar-refractivity contribution in [2.24, 2.45) is 5.41 Å². The molecule has 0 atom stereocenters. The van der Waals surface area contributed by atoms with Crippen LogP contribution in [0.2, 0.25) is 0 Å². The molecule has 1 aliphatic rings. The van der Waals surface area contributed by atoms with Crippen molar-refractivity contribution >= 4 is 11.6 Å². The fourth-order valence-corrected chi connectivity index (χ4v) is 1.88. The van der Waals surface area contributed by atoms with Gasteiger partial charge in [-0.25, -0.2) is 0 Å². The molecular weight excluding hydrogens is 198 g/mol. The van der Waals surface area contributed by atoms with Crippen LogP contribution in [0.15, 0.2) is 18.5 Å². The molecule has 1 aromatic heterocycles. The molecule has 0 amide bonds. The molecule has 1 aromatic rings. The fourth-order valence-electron chi connectivity index (χ4n) is 1.51. The third kappa shape index (κ3) is 2.49. The van der Waals surface area contributed by atoms with Crippen molar-refractivity contribution in [2.45, 2.75) is 19.4 Å². The van der Waals surface area contributed by atoms with Crippen molar-refractivity contribution in [2.75, 3.05) is 19.0 Å². The predicted octanol–water partition coefficient (Wildman–Crippen LogP) is 1.49. The average Bonchev–Trinajstić information content (AvgIpc) is 2.81. The molecule has 0 unspecified atom stereocenters. The summed E-state index contributed by atoms with van der Waals surface area (Å²) in [6.07, 6.45) is 6.35. The number of alkyl halides is 1. The van der Waals surface area contributed by atoms with E-state index in [4.69, 9.17) is 11.6 Å². The molecule has 2 rings (SSSR count). The number of aromatic nitrogens is 2. The van der Waals surface area contributed by atoms with E-state index in [-0.39, 0.29) is 0 Å². The van der Waals surface area contributed by atoms with Gasteiger partial charge >= 0.3 is 0 Å². The maximum Gasteiger partial charge on any atom is 0.0533 e. The van der Waals surface area contributed by atoms with Crippen LogP contribution in [0, 0.1) is 5.41 Å². The average molecular weight is 214 g/mol. The zero-order valence-electron chi connectivity index (χ0n) is 8.25. The van der Waals surface area contributed by atoms with Crippen molar-refractivity contribution in [1.82, 2.24) is 15.1 Å². The lowest BCUT2D eigenvalue weighted by molar-refractivity contribution is 0.476. The first-order valence-corrected chi connectivity index (χ1v) is 5.62. The molecule has 4 heteroatoms. The Morgan fingerprint density at radius 1 is 1.50 bits per heavy atom. The lowest BCUT2D eigenvalue weighted by Gasteiger charge is -2.12. The van der Waals surface area contributed by atoms with Crippen LogP contribution in [-0.2, 0) is 6.54 Å². The molecule has 0 bridgehead atoms. The summed E-state index contributed by atoms with van der Waals surface area (Å²) in [4.78, 5) is 0. The topological polar surface area (TPSA) is 29.9 Å². The van der Waals surface area contributed by atoms with Crippen LogP contribution in [0.25, 0.3) is 0 Å². The molecule has 0 saturated heterocycles. The van der Waals surface area contributed by atoms with Gasteiger partial charge in [-0.1, -0.05) is 0 Å². The maximum atomic E-state index is 5.88. The van der Waals surface area contributed by atoms with Gasteiger partial charge in [0.05, 0.1) is 6.54 Å². The highest BCUT2D eigenvalue weighted by Gasteiger charge is 2.40. The first-order valence-electron chi connectivity index (χ1n) is 5.09. The van der Waals surface area contributed by atoms with Crippen molar-refractivity contribution in [3.63, 3.8) is 0 Å². The zero-order chi connectivity index (χ0) is 9.86. The van der Waals surface area contributed by atoms with Gasteiger partial charge in [0.1, 0.15) is 0 Å². The second-order valence-corrected chi connectivity index (χ2v) is 4.35. The van der Waals surface area contributed by atoms with Crippen LogP contribution in [0.5, 0.6) is 0 Å². The Balaban J connectivity index is 1.60. The summed E-state index contributed by atoms with van der Waals surface area (Å²) in [6.45, 7) is 2.96. The minimum atomic E-state index is 0.422. The molecule has 78 valence electrons. The number of hydrogen-bond acceptors (Lipinski definition) is 2. The van der Waals surface area contributed by atoms with Gasteiger partial charge in [0.2, 0.25) is 0 Å². The molecule has 1 saturated carbocycles. The summed E-state index contributed by atoms with van der Waals surface area (Å²) < 4.78 is 1.94. The summed E-state index contributed by atoms with van der Waals surface area (Å²) in [6, 6.07) is 1.95. The maximum absolute atomic E-state index is 5.88.